The van der Waals surface area contributed by atoms with E-state index in [9.17, 15) is 13.2 Å². The van der Waals surface area contributed by atoms with Gasteiger partial charge in [-0.05, 0) is 18.2 Å². The third-order valence-corrected chi connectivity index (χ3v) is 2.89. The predicted octanol–water partition coefficient (Wildman–Crippen LogP) is 0.0939. The van der Waals surface area contributed by atoms with E-state index >= 15 is 0 Å². The van der Waals surface area contributed by atoms with Gasteiger partial charge in [0.25, 0.3) is 0 Å². The largest absolute Gasteiger partial charge is 0.495 e. The van der Waals surface area contributed by atoms with Crippen LogP contribution in [0.15, 0.2) is 23.1 Å². The van der Waals surface area contributed by atoms with Crippen molar-refractivity contribution in [2.24, 2.45) is 5.14 Å². The van der Waals surface area contributed by atoms with Gasteiger partial charge in [0.15, 0.2) is 0 Å². The van der Waals surface area contributed by atoms with Crippen molar-refractivity contribution in [2.45, 2.75) is 4.90 Å². The second-order valence-corrected chi connectivity index (χ2v) is 4.67. The van der Waals surface area contributed by atoms with Gasteiger partial charge < -0.3 is 15.4 Å². The molecule has 94 valence electrons. The number of carbonyl (C=O) groups is 1. The fourth-order valence-corrected chi connectivity index (χ4v) is 1.69. The molecule has 4 N–H and O–H groups in total. The summed E-state index contributed by atoms with van der Waals surface area (Å²) in [5.74, 6) is 0.334. The van der Waals surface area contributed by atoms with Gasteiger partial charge in [0.05, 0.1) is 17.7 Å². The summed E-state index contributed by atoms with van der Waals surface area (Å²) in [5, 5.41) is 9.75. The number of hydrogen-bond donors (Lipinski definition) is 3. The highest BCUT2D eigenvalue weighted by molar-refractivity contribution is 7.89. The van der Waals surface area contributed by atoms with Crippen molar-refractivity contribution in [1.82, 2.24) is 5.32 Å². The van der Waals surface area contributed by atoms with Crippen LogP contribution in [0.2, 0.25) is 0 Å². The average Bonchev–Trinajstić information content (AvgIpc) is 2.27. The number of urea groups is 1. The minimum absolute atomic E-state index is 0.107. The molecule has 0 saturated carbocycles. The third kappa shape index (κ3) is 3.33. The SMILES string of the molecule is CNC(=O)Nc1cc(S(N)(=O)=O)ccc1OC. The van der Waals surface area contributed by atoms with Gasteiger partial charge in [-0.1, -0.05) is 0 Å². The maximum absolute atomic E-state index is 11.2. The Kier molecular flexibility index (Phi) is 3.92. The molecule has 0 aliphatic carbocycles. The van der Waals surface area contributed by atoms with Crippen LogP contribution in [0, 0.1) is 0 Å². The second kappa shape index (κ2) is 5.02. The molecule has 2 amide bonds. The molecule has 0 radical (unpaired) electrons. The molecule has 17 heavy (non-hydrogen) atoms. The number of nitrogens with two attached hydrogens (primary N) is 1. The molecule has 0 saturated heterocycles. The molecule has 0 heterocycles. The normalized spacial score (nSPS) is 10.8. The summed E-state index contributed by atoms with van der Waals surface area (Å²) < 4.78 is 27.3. The first-order chi connectivity index (χ1) is 7.88. The first-order valence-electron chi connectivity index (χ1n) is 4.58. The minimum atomic E-state index is -3.82. The first-order valence-corrected chi connectivity index (χ1v) is 6.12. The number of amides is 2. The molecule has 0 fully saturated rings. The van der Waals surface area contributed by atoms with Gasteiger partial charge in [0, 0.05) is 7.05 Å². The molecule has 0 aromatic heterocycles. The van der Waals surface area contributed by atoms with Gasteiger partial charge in [-0.2, -0.15) is 0 Å². The summed E-state index contributed by atoms with van der Waals surface area (Å²) in [6.07, 6.45) is 0. The Morgan fingerprint density at radius 2 is 2.06 bits per heavy atom. The zero-order chi connectivity index (χ0) is 13.1. The Morgan fingerprint density at radius 3 is 2.53 bits per heavy atom. The maximum atomic E-state index is 11.2. The van der Waals surface area contributed by atoms with Gasteiger partial charge in [-0.3, -0.25) is 0 Å². The molecule has 1 aromatic rings. The Bertz CT molecular complexity index is 527. The van der Waals surface area contributed by atoms with E-state index in [4.69, 9.17) is 9.88 Å². The molecule has 7 nitrogen and oxygen atoms in total. The molecule has 0 aliphatic heterocycles. The van der Waals surface area contributed by atoms with Gasteiger partial charge in [0.2, 0.25) is 10.0 Å². The van der Waals surface area contributed by atoms with Gasteiger partial charge in [-0.15, -0.1) is 0 Å². The molecule has 0 unspecified atom stereocenters. The van der Waals surface area contributed by atoms with Crippen LogP contribution in [0.25, 0.3) is 0 Å². The Morgan fingerprint density at radius 1 is 1.41 bits per heavy atom. The van der Waals surface area contributed by atoms with Crippen molar-refractivity contribution >= 4 is 21.7 Å². The van der Waals surface area contributed by atoms with E-state index in [0.717, 1.165) is 0 Å². The van der Waals surface area contributed by atoms with Crippen molar-refractivity contribution < 1.29 is 17.9 Å². The van der Waals surface area contributed by atoms with E-state index in [0.29, 0.717) is 5.75 Å². The summed E-state index contributed by atoms with van der Waals surface area (Å²) in [7, 11) is -0.980. The fourth-order valence-electron chi connectivity index (χ4n) is 1.15. The van der Waals surface area contributed by atoms with Gasteiger partial charge >= 0.3 is 6.03 Å². The average molecular weight is 259 g/mol. The van der Waals surface area contributed by atoms with E-state index in [1.807, 2.05) is 0 Å². The maximum Gasteiger partial charge on any atom is 0.319 e. The van der Waals surface area contributed by atoms with Gasteiger partial charge in [0.1, 0.15) is 5.75 Å². The van der Waals surface area contributed by atoms with Crippen LogP contribution in [0.1, 0.15) is 0 Å². The predicted molar refractivity (Wildman–Crippen MR) is 62.4 cm³/mol. The summed E-state index contributed by atoms with van der Waals surface area (Å²) >= 11 is 0. The number of primary sulfonamides is 1. The van der Waals surface area contributed by atoms with Crippen LogP contribution in [0.3, 0.4) is 0 Å². The topological polar surface area (TPSA) is 111 Å². The van der Waals surface area contributed by atoms with E-state index in [1.165, 1.54) is 32.4 Å². The molecule has 0 aliphatic rings. The molecular weight excluding hydrogens is 246 g/mol. The van der Waals surface area contributed by atoms with Crippen molar-refractivity contribution in [3.05, 3.63) is 18.2 Å². The lowest BCUT2D eigenvalue weighted by Gasteiger charge is -2.10. The Labute approximate surface area is 99.0 Å². The van der Waals surface area contributed by atoms with Crippen LogP contribution in [0.5, 0.6) is 5.75 Å². The zero-order valence-corrected chi connectivity index (χ0v) is 10.2. The summed E-state index contributed by atoms with van der Waals surface area (Å²) in [6, 6.07) is 3.44. The number of carbonyl (C=O) groups excluding carboxylic acids is 1. The van der Waals surface area contributed by atoms with Crippen LogP contribution in [-0.4, -0.2) is 28.6 Å². The standard InChI is InChI=1S/C9H13N3O4S/c1-11-9(13)12-7-5-6(17(10,14)15)3-4-8(7)16-2/h3-5H,1-2H3,(H2,10,14,15)(H2,11,12,13). The smallest absolute Gasteiger partial charge is 0.319 e. The number of ether oxygens (including phenoxy) is 1. The Balaban J connectivity index is 3.20. The molecule has 0 bridgehead atoms. The van der Waals surface area contributed by atoms with Crippen LogP contribution in [0.4, 0.5) is 10.5 Å². The van der Waals surface area contributed by atoms with Crippen LogP contribution < -0.4 is 20.5 Å². The van der Waals surface area contributed by atoms with Crippen molar-refractivity contribution in [1.29, 1.82) is 0 Å². The molecule has 1 aromatic carbocycles. The number of hydrogen-bond acceptors (Lipinski definition) is 4. The number of anilines is 1. The summed E-state index contributed by atoms with van der Waals surface area (Å²) in [5.41, 5.74) is 0.221. The third-order valence-electron chi connectivity index (χ3n) is 1.97. The quantitative estimate of drug-likeness (QED) is 0.714. The summed E-state index contributed by atoms with van der Waals surface area (Å²) in [4.78, 5) is 11.0. The zero-order valence-electron chi connectivity index (χ0n) is 9.35. The number of sulfonamides is 1. The number of rotatable bonds is 3. The minimum Gasteiger partial charge on any atom is -0.495 e. The van der Waals surface area contributed by atoms with Crippen LogP contribution >= 0.6 is 0 Å². The molecule has 0 spiro atoms. The lowest BCUT2D eigenvalue weighted by Crippen LogP contribution is -2.25. The molecule has 0 atom stereocenters. The van der Waals surface area contributed by atoms with Crippen molar-refractivity contribution in [2.75, 3.05) is 19.5 Å². The van der Waals surface area contributed by atoms with Gasteiger partial charge in [-0.25, -0.2) is 18.4 Å². The second-order valence-electron chi connectivity index (χ2n) is 3.11. The molecule has 1 rings (SSSR count). The lowest BCUT2D eigenvalue weighted by molar-refractivity contribution is 0.254. The number of methoxy groups -OCH3 is 1. The molecular formula is C9H13N3O4S. The number of benzene rings is 1. The van der Waals surface area contributed by atoms with E-state index in [1.54, 1.807) is 0 Å². The monoisotopic (exact) mass is 259 g/mol. The van der Waals surface area contributed by atoms with E-state index < -0.39 is 16.1 Å². The highest BCUT2D eigenvalue weighted by atomic mass is 32.2. The number of nitrogens with one attached hydrogen (secondary N) is 2. The first kappa shape index (κ1) is 13.3. The molecule has 8 heteroatoms. The lowest BCUT2D eigenvalue weighted by atomic mass is 10.3. The fraction of sp³-hybridized carbons (Fsp3) is 0.222. The van der Waals surface area contributed by atoms with Crippen molar-refractivity contribution in [3.63, 3.8) is 0 Å². The van der Waals surface area contributed by atoms with Crippen LogP contribution in [-0.2, 0) is 10.0 Å². The highest BCUT2D eigenvalue weighted by Gasteiger charge is 2.13. The van der Waals surface area contributed by atoms with Crippen molar-refractivity contribution in [3.8, 4) is 5.75 Å². The van der Waals surface area contributed by atoms with E-state index in [-0.39, 0.29) is 10.6 Å². The Hall–Kier alpha value is -1.80. The summed E-state index contributed by atoms with van der Waals surface area (Å²) in [6.45, 7) is 0. The highest BCUT2D eigenvalue weighted by Crippen LogP contribution is 2.26. The van der Waals surface area contributed by atoms with E-state index in [2.05, 4.69) is 10.6 Å².